The molecule has 0 unspecified atom stereocenters. The van der Waals surface area contributed by atoms with Gasteiger partial charge in [-0.15, -0.1) is 12.4 Å². The fourth-order valence-corrected chi connectivity index (χ4v) is 2.08. The molecule has 0 atom stereocenters. The SMILES string of the molecule is CCCCOc1nc(N)c2[nH]c(=O)n(CCCBr)c2n1.Cl. The number of halogens is 2. The van der Waals surface area contributed by atoms with Crippen molar-refractivity contribution < 1.29 is 4.74 Å². The minimum atomic E-state index is -0.229. The highest BCUT2D eigenvalue weighted by Gasteiger charge is 2.14. The Morgan fingerprint density at radius 1 is 1.38 bits per heavy atom. The van der Waals surface area contributed by atoms with Crippen molar-refractivity contribution in [2.24, 2.45) is 0 Å². The average molecular weight is 381 g/mol. The van der Waals surface area contributed by atoms with Gasteiger partial charge in [-0.25, -0.2) is 4.79 Å². The average Bonchev–Trinajstić information content (AvgIpc) is 2.74. The van der Waals surface area contributed by atoms with E-state index < -0.39 is 0 Å². The lowest BCUT2D eigenvalue weighted by atomic mass is 10.4. The van der Waals surface area contributed by atoms with E-state index in [-0.39, 0.29) is 29.9 Å². The lowest BCUT2D eigenvalue weighted by Crippen LogP contribution is -2.17. The maximum atomic E-state index is 11.9. The lowest BCUT2D eigenvalue weighted by Gasteiger charge is -2.06. The highest BCUT2D eigenvalue weighted by atomic mass is 79.9. The lowest BCUT2D eigenvalue weighted by molar-refractivity contribution is 0.286. The second-order valence-electron chi connectivity index (χ2n) is 4.42. The third-order valence-electron chi connectivity index (χ3n) is 2.87. The summed E-state index contributed by atoms with van der Waals surface area (Å²) in [4.78, 5) is 22.9. The van der Waals surface area contributed by atoms with E-state index in [0.717, 1.165) is 24.6 Å². The van der Waals surface area contributed by atoms with E-state index in [1.165, 1.54) is 0 Å². The van der Waals surface area contributed by atoms with Crippen LogP contribution >= 0.6 is 28.3 Å². The zero-order valence-electron chi connectivity index (χ0n) is 11.8. The van der Waals surface area contributed by atoms with E-state index in [9.17, 15) is 4.79 Å². The summed E-state index contributed by atoms with van der Waals surface area (Å²) in [7, 11) is 0. The molecule has 118 valence electrons. The Balaban J connectivity index is 0.00000220. The number of hydrogen-bond acceptors (Lipinski definition) is 5. The molecule has 0 aliphatic rings. The Bertz CT molecular complexity index is 642. The second kappa shape index (κ2) is 8.23. The first kappa shape index (κ1) is 17.8. The van der Waals surface area contributed by atoms with Crippen molar-refractivity contribution >= 4 is 45.3 Å². The first-order valence-corrected chi connectivity index (χ1v) is 7.74. The number of anilines is 1. The van der Waals surface area contributed by atoms with Crippen LogP contribution in [0.4, 0.5) is 5.82 Å². The third-order valence-corrected chi connectivity index (χ3v) is 3.44. The molecule has 0 aliphatic carbocycles. The van der Waals surface area contributed by atoms with Crippen LogP contribution in [0.25, 0.3) is 11.2 Å². The first-order chi connectivity index (χ1) is 9.67. The molecule has 0 bridgehead atoms. The number of aromatic amines is 1. The largest absolute Gasteiger partial charge is 0.463 e. The number of nitrogens with one attached hydrogen (secondary N) is 1. The van der Waals surface area contributed by atoms with Gasteiger partial charge in [-0.1, -0.05) is 29.3 Å². The smallest absolute Gasteiger partial charge is 0.327 e. The molecule has 9 heteroatoms. The third kappa shape index (κ3) is 4.10. The molecule has 21 heavy (non-hydrogen) atoms. The van der Waals surface area contributed by atoms with Crippen LogP contribution in [0.15, 0.2) is 4.79 Å². The van der Waals surface area contributed by atoms with Crippen LogP contribution < -0.4 is 16.2 Å². The quantitative estimate of drug-likeness (QED) is 0.566. The molecule has 0 aromatic carbocycles. The molecule has 0 spiro atoms. The van der Waals surface area contributed by atoms with Gasteiger partial charge in [-0.3, -0.25) is 4.57 Å². The van der Waals surface area contributed by atoms with Crippen LogP contribution in [0, 0.1) is 0 Å². The van der Waals surface area contributed by atoms with Gasteiger partial charge in [0.05, 0.1) is 6.61 Å². The number of alkyl halides is 1. The van der Waals surface area contributed by atoms with Crippen molar-refractivity contribution in [3.8, 4) is 6.01 Å². The van der Waals surface area contributed by atoms with Crippen LogP contribution in [0.2, 0.25) is 0 Å². The number of unbranched alkanes of at least 4 members (excludes halogenated alkanes) is 1. The molecule has 7 nitrogen and oxygen atoms in total. The molecule has 0 fully saturated rings. The Labute approximate surface area is 136 Å². The summed E-state index contributed by atoms with van der Waals surface area (Å²) in [6.07, 6.45) is 2.77. The van der Waals surface area contributed by atoms with Gasteiger partial charge < -0.3 is 15.5 Å². The summed E-state index contributed by atoms with van der Waals surface area (Å²) in [6.45, 7) is 3.18. The maximum Gasteiger partial charge on any atom is 0.327 e. The number of imidazole rings is 1. The van der Waals surface area contributed by atoms with E-state index in [0.29, 0.717) is 24.3 Å². The van der Waals surface area contributed by atoms with Gasteiger partial charge in [0.2, 0.25) is 0 Å². The first-order valence-electron chi connectivity index (χ1n) is 6.62. The number of aromatic nitrogens is 4. The molecule has 0 aliphatic heterocycles. The number of H-pyrrole nitrogens is 1. The van der Waals surface area contributed by atoms with Gasteiger partial charge in [0.25, 0.3) is 0 Å². The molecule has 0 radical (unpaired) electrons. The normalized spacial score (nSPS) is 10.6. The van der Waals surface area contributed by atoms with Crippen molar-refractivity contribution in [1.29, 1.82) is 0 Å². The van der Waals surface area contributed by atoms with Gasteiger partial charge in [0.15, 0.2) is 11.5 Å². The van der Waals surface area contributed by atoms with E-state index in [1.807, 2.05) is 0 Å². The van der Waals surface area contributed by atoms with Crippen molar-refractivity contribution in [3.63, 3.8) is 0 Å². The van der Waals surface area contributed by atoms with E-state index in [2.05, 4.69) is 37.8 Å². The summed E-state index contributed by atoms with van der Waals surface area (Å²) in [5.74, 6) is 0.233. The van der Waals surface area contributed by atoms with Crippen LogP contribution in [0.5, 0.6) is 6.01 Å². The van der Waals surface area contributed by atoms with Gasteiger partial charge in [0, 0.05) is 11.9 Å². The topological polar surface area (TPSA) is 98.8 Å². The van der Waals surface area contributed by atoms with Crippen LogP contribution in [0.1, 0.15) is 26.2 Å². The summed E-state index contributed by atoms with van der Waals surface area (Å²) in [6, 6.07) is 0.218. The van der Waals surface area contributed by atoms with Crippen molar-refractivity contribution in [2.75, 3.05) is 17.7 Å². The summed E-state index contributed by atoms with van der Waals surface area (Å²) < 4.78 is 7.02. The molecule has 3 N–H and O–H groups in total. The Hall–Kier alpha value is -1.28. The molecular formula is C12H19BrClN5O2. The summed E-state index contributed by atoms with van der Waals surface area (Å²) >= 11 is 3.35. The predicted octanol–water partition coefficient (Wildman–Crippen LogP) is 2.09. The highest BCUT2D eigenvalue weighted by molar-refractivity contribution is 9.09. The minimum absolute atomic E-state index is 0. The van der Waals surface area contributed by atoms with Gasteiger partial charge in [-0.05, 0) is 12.8 Å². The number of nitrogens with zero attached hydrogens (tertiary/aromatic N) is 3. The zero-order valence-corrected chi connectivity index (χ0v) is 14.2. The van der Waals surface area contributed by atoms with Crippen LogP contribution in [-0.4, -0.2) is 31.5 Å². The standard InChI is InChI=1S/C12H18BrN5O2.ClH/c1-2-3-7-20-11-16-9(14)8-10(17-11)18(6-4-5-13)12(19)15-8;/h2-7H2,1H3,(H,15,19)(H2,14,16,17);1H. The molecule has 2 heterocycles. The minimum Gasteiger partial charge on any atom is -0.463 e. The van der Waals surface area contributed by atoms with Gasteiger partial charge >= 0.3 is 11.7 Å². The van der Waals surface area contributed by atoms with Crippen molar-refractivity contribution in [1.82, 2.24) is 19.5 Å². The summed E-state index contributed by atoms with van der Waals surface area (Å²) in [5.41, 5.74) is 6.58. The van der Waals surface area contributed by atoms with E-state index in [1.54, 1.807) is 4.57 Å². The highest BCUT2D eigenvalue weighted by Crippen LogP contribution is 2.18. The van der Waals surface area contributed by atoms with Crippen molar-refractivity contribution in [2.45, 2.75) is 32.7 Å². The molecule has 0 saturated carbocycles. The molecule has 0 saturated heterocycles. The van der Waals surface area contributed by atoms with E-state index in [4.69, 9.17) is 10.5 Å². The molecule has 2 aromatic heterocycles. The van der Waals surface area contributed by atoms with Gasteiger partial charge in [0.1, 0.15) is 5.52 Å². The number of nitrogen functional groups attached to an aromatic ring is 1. The predicted molar refractivity (Wildman–Crippen MR) is 88.6 cm³/mol. The van der Waals surface area contributed by atoms with E-state index >= 15 is 0 Å². The van der Waals surface area contributed by atoms with Gasteiger partial charge in [-0.2, -0.15) is 9.97 Å². The molecular weight excluding hydrogens is 362 g/mol. The van der Waals surface area contributed by atoms with Crippen LogP contribution in [-0.2, 0) is 6.54 Å². The number of fused-ring (bicyclic) bond motifs is 1. The summed E-state index contributed by atoms with van der Waals surface area (Å²) in [5, 5.41) is 0.812. The second-order valence-corrected chi connectivity index (χ2v) is 5.21. The number of hydrogen-bond donors (Lipinski definition) is 2. The van der Waals surface area contributed by atoms with Crippen molar-refractivity contribution in [3.05, 3.63) is 10.5 Å². The Kier molecular flexibility index (Phi) is 6.97. The number of nitrogens with two attached hydrogens (primary N) is 1. The Morgan fingerprint density at radius 3 is 2.81 bits per heavy atom. The molecule has 2 aromatic rings. The maximum absolute atomic E-state index is 11.9. The van der Waals surface area contributed by atoms with Crippen LogP contribution in [0.3, 0.4) is 0 Å². The number of aryl methyl sites for hydroxylation is 1. The zero-order chi connectivity index (χ0) is 14.5. The molecule has 0 amide bonds. The number of rotatable bonds is 7. The molecule has 2 rings (SSSR count). The monoisotopic (exact) mass is 379 g/mol. The fraction of sp³-hybridized carbons (Fsp3) is 0.583. The fourth-order valence-electron chi connectivity index (χ4n) is 1.83. The number of ether oxygens (including phenoxy) is 1. The Morgan fingerprint density at radius 2 is 2.14 bits per heavy atom.